The fourth-order valence-electron chi connectivity index (χ4n) is 2.59. The first kappa shape index (κ1) is 22.0. The molecule has 0 heterocycles. The molecule has 0 aliphatic heterocycles. The highest BCUT2D eigenvalue weighted by molar-refractivity contribution is 9.10. The van der Waals surface area contributed by atoms with Crippen LogP contribution in [0.2, 0.25) is 0 Å². The van der Waals surface area contributed by atoms with Crippen LogP contribution >= 0.6 is 15.9 Å². The Hall–Kier alpha value is -3.65. The van der Waals surface area contributed by atoms with Crippen molar-refractivity contribution in [3.05, 3.63) is 88.4 Å². The third kappa shape index (κ3) is 6.68. The average molecular weight is 482 g/mol. The fraction of sp³-hybridized carbons (Fsp3) is 0.0870. The second-order valence-electron chi connectivity index (χ2n) is 6.32. The van der Waals surface area contributed by atoms with Gasteiger partial charge in [0.15, 0.2) is 0 Å². The first-order valence-electron chi connectivity index (χ1n) is 9.32. The minimum absolute atomic E-state index is 0.0439. The van der Waals surface area contributed by atoms with Gasteiger partial charge in [-0.2, -0.15) is 5.10 Å². The molecule has 8 heteroatoms. The normalized spacial score (nSPS) is 10.5. The average Bonchev–Trinajstić information content (AvgIpc) is 2.79. The molecule has 0 atom stereocenters. The van der Waals surface area contributed by atoms with Crippen molar-refractivity contribution in [2.75, 3.05) is 19.0 Å². The van der Waals surface area contributed by atoms with E-state index in [2.05, 4.69) is 31.8 Å². The van der Waals surface area contributed by atoms with Crippen LogP contribution in [0.5, 0.6) is 11.5 Å². The van der Waals surface area contributed by atoms with E-state index < -0.39 is 5.97 Å². The minimum Gasteiger partial charge on any atom is -0.495 e. The highest BCUT2D eigenvalue weighted by Gasteiger charge is 2.09. The maximum atomic E-state index is 12.2. The van der Waals surface area contributed by atoms with Crippen molar-refractivity contribution in [2.24, 2.45) is 5.10 Å². The number of hydrazone groups is 1. The Morgan fingerprint density at radius 3 is 2.55 bits per heavy atom. The van der Waals surface area contributed by atoms with Crippen LogP contribution < -0.4 is 20.2 Å². The second-order valence-corrected chi connectivity index (χ2v) is 7.23. The molecule has 0 saturated heterocycles. The molecule has 0 aromatic heterocycles. The Kier molecular flexibility index (Phi) is 7.78. The van der Waals surface area contributed by atoms with Gasteiger partial charge in [0.2, 0.25) is 0 Å². The number of benzene rings is 3. The summed E-state index contributed by atoms with van der Waals surface area (Å²) in [6.07, 6.45) is 1.50. The first-order valence-corrected chi connectivity index (χ1v) is 10.1. The van der Waals surface area contributed by atoms with Gasteiger partial charge >= 0.3 is 5.97 Å². The van der Waals surface area contributed by atoms with Gasteiger partial charge in [-0.1, -0.05) is 34.1 Å². The van der Waals surface area contributed by atoms with Gasteiger partial charge in [0.25, 0.3) is 5.91 Å². The number of halogens is 1. The zero-order valence-electron chi connectivity index (χ0n) is 16.7. The van der Waals surface area contributed by atoms with Crippen LogP contribution in [0.4, 0.5) is 5.69 Å². The number of carbonyl (C=O) groups excluding carboxylic acids is 2. The highest BCUT2D eigenvalue weighted by atomic mass is 79.9. The molecule has 7 nitrogen and oxygen atoms in total. The summed E-state index contributed by atoms with van der Waals surface area (Å²) in [7, 11) is 1.57. The zero-order chi connectivity index (χ0) is 22.1. The lowest BCUT2D eigenvalue weighted by Crippen LogP contribution is -2.26. The van der Waals surface area contributed by atoms with E-state index >= 15 is 0 Å². The number of hydrogen-bond acceptors (Lipinski definition) is 6. The Labute approximate surface area is 188 Å². The van der Waals surface area contributed by atoms with Crippen LogP contribution in [0.15, 0.2) is 82.4 Å². The molecule has 3 rings (SSSR count). The lowest BCUT2D eigenvalue weighted by atomic mass is 10.2. The first-order chi connectivity index (χ1) is 15.0. The van der Waals surface area contributed by atoms with Gasteiger partial charge in [0.1, 0.15) is 11.5 Å². The number of nitrogens with one attached hydrogen (secondary N) is 2. The predicted molar refractivity (Wildman–Crippen MR) is 123 cm³/mol. The van der Waals surface area contributed by atoms with Crippen molar-refractivity contribution in [2.45, 2.75) is 0 Å². The van der Waals surface area contributed by atoms with E-state index in [1.54, 1.807) is 55.6 Å². The maximum Gasteiger partial charge on any atom is 0.343 e. The number of rotatable bonds is 8. The molecule has 1 amide bonds. The number of methoxy groups -OCH3 is 1. The predicted octanol–water partition coefficient (Wildman–Crippen LogP) is 4.24. The summed E-state index contributed by atoms with van der Waals surface area (Å²) >= 11 is 3.33. The topological polar surface area (TPSA) is 89.0 Å². The SMILES string of the molecule is COc1ccccc1NCC(=O)NN=Cc1ccc(OC(=O)c2cccc(Br)c2)cc1. The molecular formula is C23H20BrN3O4. The molecule has 3 aromatic rings. The Balaban J connectivity index is 1.48. The smallest absolute Gasteiger partial charge is 0.343 e. The van der Waals surface area contributed by atoms with Crippen LogP contribution in [0, 0.1) is 0 Å². The summed E-state index contributed by atoms with van der Waals surface area (Å²) in [6, 6.07) is 21.1. The molecular weight excluding hydrogens is 462 g/mol. The molecule has 0 aliphatic carbocycles. The summed E-state index contributed by atoms with van der Waals surface area (Å²) in [5.41, 5.74) is 4.35. The molecule has 2 N–H and O–H groups in total. The minimum atomic E-state index is -0.447. The third-order valence-corrected chi connectivity index (χ3v) is 4.59. The van der Waals surface area contributed by atoms with E-state index in [1.165, 1.54) is 6.21 Å². The Morgan fingerprint density at radius 2 is 1.81 bits per heavy atom. The summed E-state index contributed by atoms with van der Waals surface area (Å²) in [4.78, 5) is 24.1. The number of anilines is 1. The number of para-hydroxylation sites is 2. The lowest BCUT2D eigenvalue weighted by Gasteiger charge is -2.09. The maximum absolute atomic E-state index is 12.2. The third-order valence-electron chi connectivity index (χ3n) is 4.10. The van der Waals surface area contributed by atoms with E-state index in [4.69, 9.17) is 9.47 Å². The number of ether oxygens (including phenoxy) is 2. The largest absolute Gasteiger partial charge is 0.495 e. The molecule has 0 unspecified atom stereocenters. The molecule has 158 valence electrons. The van der Waals surface area contributed by atoms with E-state index in [0.717, 1.165) is 15.7 Å². The molecule has 0 aliphatic rings. The number of hydrogen-bond donors (Lipinski definition) is 2. The fourth-order valence-corrected chi connectivity index (χ4v) is 2.99. The molecule has 3 aromatic carbocycles. The van der Waals surface area contributed by atoms with Crippen LogP contribution in [0.1, 0.15) is 15.9 Å². The van der Waals surface area contributed by atoms with Gasteiger partial charge in [-0.05, 0) is 60.2 Å². The quantitative estimate of drug-likeness (QED) is 0.217. The monoisotopic (exact) mass is 481 g/mol. The van der Waals surface area contributed by atoms with Crippen molar-refractivity contribution >= 4 is 39.7 Å². The van der Waals surface area contributed by atoms with Crippen molar-refractivity contribution in [3.63, 3.8) is 0 Å². The summed E-state index contributed by atoms with van der Waals surface area (Å²) < 4.78 is 11.4. The Bertz CT molecular complexity index is 1080. The highest BCUT2D eigenvalue weighted by Crippen LogP contribution is 2.22. The zero-order valence-corrected chi connectivity index (χ0v) is 18.3. The summed E-state index contributed by atoms with van der Waals surface area (Å²) in [5, 5.41) is 6.93. The van der Waals surface area contributed by atoms with E-state index in [9.17, 15) is 9.59 Å². The molecule has 0 saturated carbocycles. The molecule has 31 heavy (non-hydrogen) atoms. The molecule has 0 bridgehead atoms. The standard InChI is InChI=1S/C23H20BrN3O4/c1-30-21-8-3-2-7-20(21)25-15-22(28)27-26-14-16-9-11-19(12-10-16)31-23(29)17-5-4-6-18(24)13-17/h2-14,25H,15H2,1H3,(H,27,28). The summed E-state index contributed by atoms with van der Waals surface area (Å²) in [6.45, 7) is 0.0439. The van der Waals surface area contributed by atoms with Crippen molar-refractivity contribution < 1.29 is 19.1 Å². The van der Waals surface area contributed by atoms with Gasteiger partial charge in [-0.15, -0.1) is 0 Å². The Morgan fingerprint density at radius 1 is 1.03 bits per heavy atom. The number of esters is 1. The van der Waals surface area contributed by atoms with Gasteiger partial charge < -0.3 is 14.8 Å². The molecule has 0 radical (unpaired) electrons. The van der Waals surface area contributed by atoms with E-state index in [-0.39, 0.29) is 12.5 Å². The van der Waals surface area contributed by atoms with Gasteiger partial charge in [-0.25, -0.2) is 10.2 Å². The number of nitrogens with zero attached hydrogens (tertiary/aromatic N) is 1. The van der Waals surface area contributed by atoms with Crippen LogP contribution in [0.3, 0.4) is 0 Å². The van der Waals surface area contributed by atoms with Crippen LogP contribution in [-0.2, 0) is 4.79 Å². The second kappa shape index (κ2) is 10.9. The molecule has 0 fully saturated rings. The number of amides is 1. The number of carbonyl (C=O) groups is 2. The summed E-state index contributed by atoms with van der Waals surface area (Å²) in [5.74, 6) is 0.311. The van der Waals surface area contributed by atoms with Crippen molar-refractivity contribution in [3.8, 4) is 11.5 Å². The van der Waals surface area contributed by atoms with Crippen LogP contribution in [-0.4, -0.2) is 31.7 Å². The van der Waals surface area contributed by atoms with E-state index in [0.29, 0.717) is 17.1 Å². The van der Waals surface area contributed by atoms with Gasteiger partial charge in [0, 0.05) is 4.47 Å². The van der Waals surface area contributed by atoms with E-state index in [1.807, 2.05) is 24.3 Å². The van der Waals surface area contributed by atoms with Gasteiger partial charge in [0.05, 0.1) is 31.1 Å². The van der Waals surface area contributed by atoms with Gasteiger partial charge in [-0.3, -0.25) is 4.79 Å². The van der Waals surface area contributed by atoms with Crippen LogP contribution in [0.25, 0.3) is 0 Å². The van der Waals surface area contributed by atoms with Crippen molar-refractivity contribution in [1.29, 1.82) is 0 Å². The molecule has 0 spiro atoms. The van der Waals surface area contributed by atoms with Crippen molar-refractivity contribution in [1.82, 2.24) is 5.43 Å². The lowest BCUT2D eigenvalue weighted by molar-refractivity contribution is -0.119.